The van der Waals surface area contributed by atoms with Crippen LogP contribution in [-0.2, 0) is 14.3 Å². The van der Waals surface area contributed by atoms with Gasteiger partial charge in [-0.3, -0.25) is 4.79 Å². The lowest BCUT2D eigenvalue weighted by Gasteiger charge is -2.13. The largest absolute Gasteiger partial charge is 0.493 e. The lowest BCUT2D eigenvalue weighted by molar-refractivity contribution is -0.135. The van der Waals surface area contributed by atoms with Gasteiger partial charge in [-0.05, 0) is 42.8 Å². The predicted molar refractivity (Wildman–Crippen MR) is 112 cm³/mol. The van der Waals surface area contributed by atoms with Gasteiger partial charge in [-0.1, -0.05) is 18.2 Å². The average molecular weight is 410 g/mol. The van der Waals surface area contributed by atoms with Crippen LogP contribution in [0.1, 0.15) is 12.5 Å². The van der Waals surface area contributed by atoms with E-state index in [4.69, 9.17) is 18.9 Å². The van der Waals surface area contributed by atoms with Crippen molar-refractivity contribution in [1.82, 2.24) is 0 Å². The number of nitrogens with zero attached hydrogens (tertiary/aromatic N) is 2. The van der Waals surface area contributed by atoms with Crippen molar-refractivity contribution in [2.75, 3.05) is 32.9 Å². The van der Waals surface area contributed by atoms with Crippen LogP contribution >= 0.6 is 0 Å². The van der Waals surface area contributed by atoms with Gasteiger partial charge in [0.05, 0.1) is 39.2 Å². The zero-order valence-corrected chi connectivity index (χ0v) is 17.2. The molecule has 0 spiro atoms. The zero-order valence-electron chi connectivity index (χ0n) is 17.2. The number of hydrogen-bond acceptors (Lipinski definition) is 7. The molecule has 8 nitrogen and oxygen atoms in total. The second kappa shape index (κ2) is 9.13. The molecule has 3 rings (SSSR count). The van der Waals surface area contributed by atoms with Gasteiger partial charge in [0, 0.05) is 0 Å². The minimum absolute atomic E-state index is 0.0699. The van der Waals surface area contributed by atoms with Crippen LogP contribution in [0.5, 0.6) is 17.2 Å². The first-order valence-electron chi connectivity index (χ1n) is 9.21. The molecule has 0 fully saturated rings. The van der Waals surface area contributed by atoms with Crippen LogP contribution < -0.4 is 19.2 Å². The van der Waals surface area contributed by atoms with Gasteiger partial charge >= 0.3 is 5.97 Å². The normalized spacial score (nSPS) is 14.5. The van der Waals surface area contributed by atoms with Crippen LogP contribution in [0.3, 0.4) is 0 Å². The van der Waals surface area contributed by atoms with Crippen molar-refractivity contribution in [3.8, 4) is 17.2 Å². The molecule has 2 aromatic carbocycles. The predicted octanol–water partition coefficient (Wildman–Crippen LogP) is 3.06. The summed E-state index contributed by atoms with van der Waals surface area (Å²) >= 11 is 0. The number of hydrogen-bond donors (Lipinski definition) is 0. The number of esters is 1. The summed E-state index contributed by atoms with van der Waals surface area (Å²) in [5, 5.41) is 5.40. The Morgan fingerprint density at radius 1 is 1.03 bits per heavy atom. The molecule has 2 aromatic rings. The van der Waals surface area contributed by atoms with E-state index < -0.39 is 11.9 Å². The van der Waals surface area contributed by atoms with E-state index in [0.29, 0.717) is 28.5 Å². The monoisotopic (exact) mass is 410 g/mol. The molecule has 156 valence electrons. The van der Waals surface area contributed by atoms with Gasteiger partial charge in [-0.2, -0.15) is 10.1 Å². The molecule has 0 aliphatic carbocycles. The van der Waals surface area contributed by atoms with E-state index >= 15 is 0 Å². The maximum atomic E-state index is 13.1. The van der Waals surface area contributed by atoms with Crippen LogP contribution in [-0.4, -0.2) is 45.5 Å². The Balaban J connectivity index is 2.10. The first-order chi connectivity index (χ1) is 14.5. The van der Waals surface area contributed by atoms with Crippen LogP contribution in [0.2, 0.25) is 0 Å². The zero-order chi connectivity index (χ0) is 21.7. The van der Waals surface area contributed by atoms with Gasteiger partial charge in [0.2, 0.25) is 5.75 Å². The maximum absolute atomic E-state index is 13.1. The summed E-state index contributed by atoms with van der Waals surface area (Å²) in [6.07, 6.45) is 1.55. The third-order valence-corrected chi connectivity index (χ3v) is 4.35. The Morgan fingerprint density at radius 3 is 2.20 bits per heavy atom. The molecular formula is C22H22N2O6. The van der Waals surface area contributed by atoms with E-state index in [-0.39, 0.29) is 17.9 Å². The number of carbonyl (C=O) groups excluding carboxylic acids is 2. The summed E-state index contributed by atoms with van der Waals surface area (Å²) in [5.41, 5.74) is 1.14. The van der Waals surface area contributed by atoms with Crippen LogP contribution in [0, 0.1) is 0 Å². The minimum Gasteiger partial charge on any atom is -0.493 e. The fourth-order valence-corrected chi connectivity index (χ4v) is 2.99. The topological polar surface area (TPSA) is 86.7 Å². The van der Waals surface area contributed by atoms with Crippen LogP contribution in [0.25, 0.3) is 6.08 Å². The first kappa shape index (κ1) is 20.9. The van der Waals surface area contributed by atoms with Gasteiger partial charge in [0.25, 0.3) is 5.91 Å². The minimum atomic E-state index is -0.678. The van der Waals surface area contributed by atoms with Crippen molar-refractivity contribution >= 4 is 29.4 Å². The molecule has 0 atom stereocenters. The summed E-state index contributed by atoms with van der Waals surface area (Å²) in [6, 6.07) is 12.2. The Hall–Kier alpha value is -3.81. The lowest BCUT2D eigenvalue weighted by Crippen LogP contribution is -2.22. The SMILES string of the molecule is CCOC(=O)C1=NN(c2ccccc2)C(=O)C1=Cc1cc(OC)c(OC)c(OC)c1. The number of ether oxygens (including phenoxy) is 4. The highest BCUT2D eigenvalue weighted by atomic mass is 16.5. The summed E-state index contributed by atoms with van der Waals surface area (Å²) in [4.78, 5) is 25.6. The Morgan fingerprint density at radius 2 is 1.67 bits per heavy atom. The smallest absolute Gasteiger partial charge is 0.359 e. The van der Waals surface area contributed by atoms with E-state index in [2.05, 4.69) is 5.10 Å². The van der Waals surface area contributed by atoms with Crippen molar-refractivity contribution in [2.24, 2.45) is 5.10 Å². The molecule has 0 aromatic heterocycles. The maximum Gasteiger partial charge on any atom is 0.359 e. The van der Waals surface area contributed by atoms with E-state index in [1.54, 1.807) is 49.4 Å². The highest BCUT2D eigenvalue weighted by molar-refractivity contribution is 6.54. The van der Waals surface area contributed by atoms with Gasteiger partial charge in [-0.25, -0.2) is 4.79 Å². The van der Waals surface area contributed by atoms with Gasteiger partial charge in [0.15, 0.2) is 17.2 Å². The van der Waals surface area contributed by atoms with E-state index in [1.807, 2.05) is 6.07 Å². The van der Waals surface area contributed by atoms with Gasteiger partial charge in [-0.15, -0.1) is 0 Å². The Bertz CT molecular complexity index is 989. The number of carbonyl (C=O) groups is 2. The molecule has 0 saturated carbocycles. The fourth-order valence-electron chi connectivity index (χ4n) is 2.99. The molecule has 1 amide bonds. The molecule has 1 aliphatic heterocycles. The fraction of sp³-hybridized carbons (Fsp3) is 0.227. The third kappa shape index (κ3) is 3.98. The number of anilines is 1. The molecule has 1 aliphatic rings. The number of amides is 1. The third-order valence-electron chi connectivity index (χ3n) is 4.35. The Labute approximate surface area is 174 Å². The average Bonchev–Trinajstić information content (AvgIpc) is 3.10. The molecule has 0 radical (unpaired) electrons. The molecule has 0 unspecified atom stereocenters. The van der Waals surface area contributed by atoms with E-state index in [9.17, 15) is 9.59 Å². The standard InChI is InChI=1S/C22H22N2O6/c1-5-30-22(26)19-16(21(25)24(23-19)15-9-7-6-8-10-15)11-14-12-17(27-2)20(29-4)18(13-14)28-3/h6-13H,5H2,1-4H3. The van der Waals surface area contributed by atoms with E-state index in [1.165, 1.54) is 26.3 Å². The number of methoxy groups -OCH3 is 3. The number of benzene rings is 2. The highest BCUT2D eigenvalue weighted by Gasteiger charge is 2.36. The highest BCUT2D eigenvalue weighted by Crippen LogP contribution is 2.39. The summed E-state index contributed by atoms with van der Waals surface area (Å²) < 4.78 is 21.1. The molecule has 0 bridgehead atoms. The summed E-state index contributed by atoms with van der Waals surface area (Å²) in [5.74, 6) is 0.137. The van der Waals surface area contributed by atoms with Gasteiger partial charge in [0.1, 0.15) is 0 Å². The lowest BCUT2D eigenvalue weighted by atomic mass is 10.1. The second-order valence-corrected chi connectivity index (χ2v) is 6.14. The summed E-state index contributed by atoms with van der Waals surface area (Å²) in [6.45, 7) is 1.85. The quantitative estimate of drug-likeness (QED) is 0.515. The number of hydrazone groups is 1. The molecule has 1 heterocycles. The van der Waals surface area contributed by atoms with Gasteiger partial charge < -0.3 is 18.9 Å². The van der Waals surface area contributed by atoms with Crippen molar-refractivity contribution in [2.45, 2.75) is 6.92 Å². The van der Waals surface area contributed by atoms with Crippen LogP contribution in [0.15, 0.2) is 53.1 Å². The van der Waals surface area contributed by atoms with Crippen LogP contribution in [0.4, 0.5) is 5.69 Å². The van der Waals surface area contributed by atoms with E-state index in [0.717, 1.165) is 0 Å². The van der Waals surface area contributed by atoms with Crippen molar-refractivity contribution in [3.63, 3.8) is 0 Å². The van der Waals surface area contributed by atoms with Crippen molar-refractivity contribution in [3.05, 3.63) is 53.6 Å². The second-order valence-electron chi connectivity index (χ2n) is 6.14. The molecular weight excluding hydrogens is 388 g/mol. The summed E-state index contributed by atoms with van der Waals surface area (Å²) in [7, 11) is 4.50. The van der Waals surface area contributed by atoms with Crippen molar-refractivity contribution < 1.29 is 28.5 Å². The Kier molecular flexibility index (Phi) is 6.36. The molecule has 30 heavy (non-hydrogen) atoms. The first-order valence-corrected chi connectivity index (χ1v) is 9.21. The van der Waals surface area contributed by atoms with Crippen molar-refractivity contribution in [1.29, 1.82) is 0 Å². The number of para-hydroxylation sites is 1. The molecule has 8 heteroatoms. The number of rotatable bonds is 7. The molecule has 0 saturated heterocycles. The molecule has 0 N–H and O–H groups in total.